The van der Waals surface area contributed by atoms with E-state index in [1.165, 1.54) is 0 Å². The van der Waals surface area contributed by atoms with E-state index in [1.807, 2.05) is 174 Å². The number of hydrogen-bond acceptors (Lipinski definition) is 18. The average Bonchev–Trinajstić information content (AvgIpc) is 1.60. The lowest BCUT2D eigenvalue weighted by molar-refractivity contribution is 0.226. The fourth-order valence-corrected chi connectivity index (χ4v) is 17.3. The Morgan fingerprint density at radius 1 is 0.202 bits per heavy atom. The third kappa shape index (κ3) is 16.9. The van der Waals surface area contributed by atoms with Crippen molar-refractivity contribution in [1.29, 1.82) is 0 Å². The highest BCUT2D eigenvalue weighted by atomic mass is 16.5. The molecule has 0 bridgehead atoms. The van der Waals surface area contributed by atoms with Gasteiger partial charge in [0.1, 0.15) is 34.2 Å². The van der Waals surface area contributed by atoms with E-state index in [-0.39, 0.29) is 37.9 Å². The van der Waals surface area contributed by atoms with Gasteiger partial charge in [0.25, 0.3) is 0 Å². The summed E-state index contributed by atoms with van der Waals surface area (Å²) in [6.07, 6.45) is 13.8. The molecule has 12 aromatic carbocycles. The molecule has 0 spiro atoms. The predicted molar refractivity (Wildman–Crippen MR) is 496 cm³/mol. The molecule has 27 heteroatoms. The molecule has 0 amide bonds. The molecular weight excluding hydrogens is 1610 g/mol. The predicted octanol–water partition coefficient (Wildman–Crippen LogP) is 18.4. The zero-order valence-corrected chi connectivity index (χ0v) is 70.2. The van der Waals surface area contributed by atoms with Crippen molar-refractivity contribution in [2.75, 3.05) is 19.8 Å². The number of nitrogens with zero attached hydrogens (tertiary/aromatic N) is 24. The maximum atomic E-state index is 6.64. The van der Waals surface area contributed by atoms with E-state index in [0.29, 0.717) is 78.2 Å². The molecular formula is C102H84N24O3. The van der Waals surface area contributed by atoms with Gasteiger partial charge in [-0.05, 0) is 125 Å². The van der Waals surface area contributed by atoms with Crippen LogP contribution < -0.4 is 14.2 Å². The topological polar surface area (TPSA) is 265 Å². The zero-order valence-electron chi connectivity index (χ0n) is 70.2. The first-order valence-electron chi connectivity index (χ1n) is 43.3. The average molecular weight is 1690 g/mol. The number of aromatic nitrogens is 24. The van der Waals surface area contributed by atoms with Gasteiger partial charge in [0.2, 0.25) is 0 Å². The smallest absolute Gasteiger partial charge is 0.325 e. The Balaban J connectivity index is 0.554. The zero-order chi connectivity index (χ0) is 85.8. The van der Waals surface area contributed by atoms with Crippen molar-refractivity contribution in [2.45, 2.75) is 78.2 Å². The quantitative estimate of drug-likeness (QED) is 0.0346. The van der Waals surface area contributed by atoms with Crippen LogP contribution in [0.3, 0.4) is 0 Å². The van der Waals surface area contributed by atoms with E-state index in [4.69, 9.17) is 29.2 Å². The molecule has 27 nitrogen and oxygen atoms in total. The van der Waals surface area contributed by atoms with E-state index in [2.05, 4.69) is 258 Å². The minimum atomic E-state index is 0.0792. The van der Waals surface area contributed by atoms with Crippen molar-refractivity contribution in [3.05, 3.63) is 362 Å². The molecule has 0 unspecified atom stereocenters. The number of ether oxygens (including phenoxy) is 3. The first-order chi connectivity index (χ1) is 63.8. The number of rotatable bonds is 33. The SMILES string of the molecule is c1ccc(Cn2cc(-c3ccc4c(c3)c3cc(-c5cn(Cc6ccccc6)nn5)ccc3n4CCCOc3nc(OCCCn4c5ccc(-c6cn(Cc7ccccc7)nn6)cc5c5cc(-c6cn(Cc7ccccc7)nn6)ccc54)nc(OCCCn4c5ccc(-c6cn(Cc7ccccc7)nn6)cc5c5cc(-c6cn(Cc7ccccc7)nn6)ccc54)n3)nn2)cc1. The Morgan fingerprint density at radius 2 is 0.380 bits per heavy atom. The van der Waals surface area contributed by atoms with E-state index in [1.54, 1.807) is 0 Å². The Hall–Kier alpha value is -16.7. The first-order valence-corrected chi connectivity index (χ1v) is 43.3. The number of hydrogen-bond donors (Lipinski definition) is 0. The van der Waals surface area contributed by atoms with Crippen LogP contribution >= 0.6 is 0 Å². The summed E-state index contributed by atoms with van der Waals surface area (Å²) in [7, 11) is 0. The van der Waals surface area contributed by atoms with Crippen LogP contribution in [0.1, 0.15) is 52.6 Å². The van der Waals surface area contributed by atoms with Gasteiger partial charge < -0.3 is 27.9 Å². The second kappa shape index (κ2) is 35.1. The van der Waals surface area contributed by atoms with Crippen molar-refractivity contribution in [3.8, 4) is 85.6 Å². The van der Waals surface area contributed by atoms with E-state index in [0.717, 1.165) is 166 Å². The molecule has 0 fully saturated rings. The third-order valence-corrected chi connectivity index (χ3v) is 23.6. The van der Waals surface area contributed by atoms with Crippen LogP contribution in [0.25, 0.3) is 133 Å². The summed E-state index contributed by atoms with van der Waals surface area (Å²) in [5, 5.41) is 61.8. The van der Waals surface area contributed by atoms with Gasteiger partial charge in [0, 0.05) is 118 Å². The van der Waals surface area contributed by atoms with Gasteiger partial charge >= 0.3 is 18.0 Å². The molecule has 0 aliphatic heterocycles. The van der Waals surface area contributed by atoms with Crippen LogP contribution in [0, 0.1) is 0 Å². The van der Waals surface area contributed by atoms with E-state index >= 15 is 0 Å². The molecule has 22 aromatic rings. The summed E-state index contributed by atoms with van der Waals surface area (Å²) in [5.41, 5.74) is 23.5. The molecule has 10 heterocycles. The largest absolute Gasteiger partial charge is 0.463 e. The molecule has 630 valence electrons. The fraction of sp³-hybridized carbons (Fsp3) is 0.147. The Kier molecular flexibility index (Phi) is 21.3. The molecule has 0 aliphatic rings. The highest BCUT2D eigenvalue weighted by Gasteiger charge is 2.23. The second-order valence-corrected chi connectivity index (χ2v) is 32.4. The van der Waals surface area contributed by atoms with Gasteiger partial charge in [0.05, 0.1) is 96.3 Å². The molecule has 0 atom stereocenters. The lowest BCUT2D eigenvalue weighted by Crippen LogP contribution is -2.12. The summed E-state index contributed by atoms with van der Waals surface area (Å²) < 4.78 is 38.2. The summed E-state index contributed by atoms with van der Waals surface area (Å²) in [4.78, 5) is 14.6. The Morgan fingerprint density at radius 3 is 0.558 bits per heavy atom. The molecule has 22 rings (SSSR count). The van der Waals surface area contributed by atoms with Gasteiger partial charge in [-0.25, -0.2) is 28.1 Å². The van der Waals surface area contributed by atoms with Crippen LogP contribution in [-0.4, -0.2) is 138 Å². The Bertz CT molecular complexity index is 6580. The summed E-state index contributed by atoms with van der Waals surface area (Å²) >= 11 is 0. The maximum absolute atomic E-state index is 6.64. The molecule has 0 N–H and O–H groups in total. The normalized spacial score (nSPS) is 11.7. The van der Waals surface area contributed by atoms with Crippen molar-refractivity contribution < 1.29 is 14.2 Å². The van der Waals surface area contributed by atoms with E-state index < -0.39 is 0 Å². The minimum absolute atomic E-state index is 0.0792. The summed E-state index contributed by atoms with van der Waals surface area (Å²) in [6.45, 7) is 6.14. The van der Waals surface area contributed by atoms with Crippen molar-refractivity contribution in [3.63, 3.8) is 0 Å². The van der Waals surface area contributed by atoms with Gasteiger partial charge in [-0.15, -0.1) is 45.5 Å². The number of fused-ring (bicyclic) bond motifs is 9. The molecule has 0 radical (unpaired) electrons. The highest BCUT2D eigenvalue weighted by molar-refractivity contribution is 6.13. The van der Waals surface area contributed by atoms with Crippen molar-refractivity contribution >= 4 is 65.4 Å². The molecule has 129 heavy (non-hydrogen) atoms. The third-order valence-electron chi connectivity index (χ3n) is 23.6. The van der Waals surface area contributed by atoms with Crippen LogP contribution in [0.4, 0.5) is 0 Å². The summed E-state index contributed by atoms with van der Waals surface area (Å²) in [6, 6.07) is 101. The van der Waals surface area contributed by atoms with Gasteiger partial charge in [-0.2, -0.15) is 0 Å². The van der Waals surface area contributed by atoms with Crippen molar-refractivity contribution in [1.82, 2.24) is 119 Å². The van der Waals surface area contributed by atoms with Crippen LogP contribution in [0.2, 0.25) is 0 Å². The Labute approximate surface area is 739 Å². The fourth-order valence-electron chi connectivity index (χ4n) is 17.3. The van der Waals surface area contributed by atoms with E-state index in [9.17, 15) is 0 Å². The van der Waals surface area contributed by atoms with Gasteiger partial charge in [-0.1, -0.05) is 250 Å². The maximum Gasteiger partial charge on any atom is 0.325 e. The molecule has 0 aliphatic carbocycles. The minimum Gasteiger partial charge on any atom is -0.463 e. The van der Waals surface area contributed by atoms with Crippen molar-refractivity contribution in [2.24, 2.45) is 0 Å². The second-order valence-electron chi connectivity index (χ2n) is 32.4. The lowest BCUT2D eigenvalue weighted by atomic mass is 10.0. The molecule has 10 aromatic heterocycles. The molecule has 0 saturated heterocycles. The van der Waals surface area contributed by atoms with Crippen LogP contribution in [0.5, 0.6) is 18.0 Å². The molecule has 0 saturated carbocycles. The van der Waals surface area contributed by atoms with Crippen LogP contribution in [0.15, 0.2) is 328 Å². The standard InChI is InChI=1S/C102H84N24O3/c1-7-22-70(23-8-1)58-118-64-88(106-112-118)76-34-40-94-82(52-76)83-53-77(89-65-119(113-107-89)59-71-24-9-2-10-25-71)35-41-95(83)124(94)46-19-49-127-100-103-101(128-50-20-47-125-96-42-36-78(90-66-120(114-108-90)60-72-26-11-3-12-27-72)54-84(96)85-55-79(37-43-97(85)125)91-67-121(115-109-91)61-73-28-13-4-14-29-73)105-102(104-100)129-51-21-48-126-98-44-38-80(92-68-122(116-110-92)62-74-30-15-5-16-31-74)56-86(98)87-57-81(39-45-99(87)126)93-69-123(117-111-93)63-75-32-17-6-18-33-75/h1-18,22-45,52-57,64-69H,19-21,46-51,58-63H2. The number of benzene rings is 12. The highest BCUT2D eigenvalue weighted by Crippen LogP contribution is 2.40. The van der Waals surface area contributed by atoms with Crippen LogP contribution in [-0.2, 0) is 58.9 Å². The monoisotopic (exact) mass is 1690 g/mol. The number of aryl methyl sites for hydroxylation is 3. The lowest BCUT2D eigenvalue weighted by Gasteiger charge is -2.12. The van der Waals surface area contributed by atoms with Gasteiger partial charge in [-0.3, -0.25) is 0 Å². The van der Waals surface area contributed by atoms with Gasteiger partial charge in [0.15, 0.2) is 0 Å². The first kappa shape index (κ1) is 78.3. The summed E-state index contributed by atoms with van der Waals surface area (Å²) in [5.74, 6) is 0.